The second-order valence-electron chi connectivity index (χ2n) is 6.54. The summed E-state index contributed by atoms with van der Waals surface area (Å²) in [6.07, 6.45) is 0.774. The van der Waals surface area contributed by atoms with Crippen LogP contribution in [0.25, 0.3) is 0 Å². The van der Waals surface area contributed by atoms with E-state index in [0.29, 0.717) is 30.2 Å². The topological polar surface area (TPSA) is 40.6 Å². The average molecular weight is 397 g/mol. The van der Waals surface area contributed by atoms with Crippen LogP contribution in [0.1, 0.15) is 17.5 Å². The minimum absolute atomic E-state index is 0.165. The molecule has 3 rings (SSSR count). The molecule has 1 aliphatic rings. The van der Waals surface area contributed by atoms with Gasteiger partial charge in [-0.05, 0) is 48.4 Å². The van der Waals surface area contributed by atoms with Crippen LogP contribution in [0.2, 0.25) is 5.02 Å². The Hall–Kier alpha value is -1.47. The number of benzene rings is 2. The van der Waals surface area contributed by atoms with E-state index >= 15 is 0 Å². The van der Waals surface area contributed by atoms with Gasteiger partial charge in [0.1, 0.15) is 5.82 Å². The van der Waals surface area contributed by atoms with E-state index in [-0.39, 0.29) is 5.75 Å². The molecule has 2 aromatic carbocycles. The van der Waals surface area contributed by atoms with Gasteiger partial charge in [-0.25, -0.2) is 17.1 Å². The quantitative estimate of drug-likeness (QED) is 0.776. The minimum Gasteiger partial charge on any atom is -0.298 e. The SMILES string of the molecule is O=S(=O)(Cc1cccc(F)c1)N1CCCN(Cc2ccc(Cl)cc2)CC1. The van der Waals surface area contributed by atoms with Crippen molar-refractivity contribution in [1.82, 2.24) is 9.21 Å². The van der Waals surface area contributed by atoms with Gasteiger partial charge in [0.05, 0.1) is 5.75 Å². The summed E-state index contributed by atoms with van der Waals surface area (Å²) < 4.78 is 40.2. The molecular formula is C19H22ClFN2O2S. The summed E-state index contributed by atoms with van der Waals surface area (Å²) in [5.41, 5.74) is 1.64. The fourth-order valence-electron chi connectivity index (χ4n) is 3.16. The van der Waals surface area contributed by atoms with Crippen molar-refractivity contribution in [2.24, 2.45) is 0 Å². The zero-order valence-electron chi connectivity index (χ0n) is 14.4. The molecule has 0 N–H and O–H groups in total. The smallest absolute Gasteiger partial charge is 0.218 e. The normalized spacial score (nSPS) is 17.2. The van der Waals surface area contributed by atoms with Crippen molar-refractivity contribution in [3.8, 4) is 0 Å². The van der Waals surface area contributed by atoms with Gasteiger partial charge < -0.3 is 0 Å². The van der Waals surface area contributed by atoms with E-state index in [0.717, 1.165) is 25.1 Å². The van der Waals surface area contributed by atoms with E-state index < -0.39 is 15.8 Å². The first-order chi connectivity index (χ1) is 12.4. The summed E-state index contributed by atoms with van der Waals surface area (Å²) in [7, 11) is -3.46. The van der Waals surface area contributed by atoms with Crippen LogP contribution in [-0.4, -0.2) is 43.8 Å². The van der Waals surface area contributed by atoms with E-state index in [9.17, 15) is 12.8 Å². The number of hydrogen-bond donors (Lipinski definition) is 0. The van der Waals surface area contributed by atoms with E-state index in [2.05, 4.69) is 4.90 Å². The number of nitrogens with zero attached hydrogens (tertiary/aromatic N) is 2. The van der Waals surface area contributed by atoms with Crippen molar-refractivity contribution >= 4 is 21.6 Å². The summed E-state index contributed by atoms with van der Waals surface area (Å²) in [4.78, 5) is 2.25. The van der Waals surface area contributed by atoms with Gasteiger partial charge in [0.25, 0.3) is 0 Å². The Morgan fingerprint density at radius 2 is 1.73 bits per heavy atom. The first kappa shape index (κ1) is 19.3. The van der Waals surface area contributed by atoms with Crippen LogP contribution in [-0.2, 0) is 22.3 Å². The molecule has 2 aromatic rings. The molecule has 4 nitrogen and oxygen atoms in total. The fourth-order valence-corrected chi connectivity index (χ4v) is 4.84. The van der Waals surface area contributed by atoms with Crippen LogP contribution >= 0.6 is 11.6 Å². The molecule has 0 aromatic heterocycles. The Bertz CT molecular complexity index is 843. The van der Waals surface area contributed by atoms with Crippen molar-refractivity contribution in [2.45, 2.75) is 18.7 Å². The molecular weight excluding hydrogens is 375 g/mol. The summed E-state index contributed by atoms with van der Waals surface area (Å²) >= 11 is 5.92. The number of halogens is 2. The van der Waals surface area contributed by atoms with Crippen LogP contribution in [0.15, 0.2) is 48.5 Å². The standard InChI is InChI=1S/C19H22ClFN2O2S/c20-18-7-5-16(6-8-18)14-22-9-2-10-23(12-11-22)26(24,25)15-17-3-1-4-19(21)13-17/h1,3-8,13H,2,9-12,14-15H2. The third kappa shape index (κ3) is 5.27. The average Bonchev–Trinajstić information content (AvgIpc) is 2.83. The van der Waals surface area contributed by atoms with Gasteiger partial charge in [0.15, 0.2) is 0 Å². The molecule has 0 saturated carbocycles. The molecule has 0 bridgehead atoms. The molecule has 1 saturated heterocycles. The Morgan fingerprint density at radius 1 is 0.962 bits per heavy atom. The van der Waals surface area contributed by atoms with Crippen LogP contribution in [0.3, 0.4) is 0 Å². The molecule has 140 valence electrons. The molecule has 0 atom stereocenters. The first-order valence-corrected chi connectivity index (χ1v) is 10.6. The summed E-state index contributed by atoms with van der Waals surface area (Å²) in [6.45, 7) is 3.23. The lowest BCUT2D eigenvalue weighted by Gasteiger charge is -2.22. The van der Waals surface area contributed by atoms with Crippen LogP contribution < -0.4 is 0 Å². The van der Waals surface area contributed by atoms with Crippen LogP contribution in [0.4, 0.5) is 4.39 Å². The number of sulfonamides is 1. The Kier molecular flexibility index (Phi) is 6.29. The second kappa shape index (κ2) is 8.48. The van der Waals surface area contributed by atoms with Gasteiger partial charge in [-0.2, -0.15) is 0 Å². The Morgan fingerprint density at radius 3 is 2.46 bits per heavy atom. The van der Waals surface area contributed by atoms with Gasteiger partial charge in [-0.3, -0.25) is 4.90 Å². The highest BCUT2D eigenvalue weighted by atomic mass is 35.5. The van der Waals surface area contributed by atoms with E-state index in [4.69, 9.17) is 11.6 Å². The molecule has 1 aliphatic heterocycles. The van der Waals surface area contributed by atoms with Crippen LogP contribution in [0, 0.1) is 5.82 Å². The maximum Gasteiger partial charge on any atom is 0.218 e. The second-order valence-corrected chi connectivity index (χ2v) is 8.95. The molecule has 26 heavy (non-hydrogen) atoms. The molecule has 7 heteroatoms. The lowest BCUT2D eigenvalue weighted by molar-refractivity contribution is 0.278. The maximum atomic E-state index is 13.3. The highest BCUT2D eigenvalue weighted by Crippen LogP contribution is 2.17. The van der Waals surface area contributed by atoms with E-state index in [1.54, 1.807) is 6.07 Å². The molecule has 0 aliphatic carbocycles. The summed E-state index contributed by atoms with van der Waals surface area (Å²) in [5.74, 6) is -0.579. The molecule has 1 fully saturated rings. The zero-order valence-corrected chi connectivity index (χ0v) is 16.0. The predicted molar refractivity (Wildman–Crippen MR) is 102 cm³/mol. The van der Waals surface area contributed by atoms with Crippen molar-refractivity contribution in [3.05, 3.63) is 70.5 Å². The van der Waals surface area contributed by atoms with Crippen molar-refractivity contribution < 1.29 is 12.8 Å². The number of rotatable bonds is 5. The van der Waals surface area contributed by atoms with Crippen LogP contribution in [0.5, 0.6) is 0 Å². The van der Waals surface area contributed by atoms with Gasteiger partial charge in [-0.15, -0.1) is 0 Å². The monoisotopic (exact) mass is 396 g/mol. The van der Waals surface area contributed by atoms with Crippen molar-refractivity contribution in [3.63, 3.8) is 0 Å². The van der Waals surface area contributed by atoms with Gasteiger partial charge in [-0.1, -0.05) is 35.9 Å². The first-order valence-electron chi connectivity index (χ1n) is 8.61. The summed E-state index contributed by atoms with van der Waals surface area (Å²) in [5, 5.41) is 0.708. The largest absolute Gasteiger partial charge is 0.298 e. The van der Waals surface area contributed by atoms with Crippen molar-refractivity contribution in [2.75, 3.05) is 26.2 Å². The van der Waals surface area contributed by atoms with Gasteiger partial charge >= 0.3 is 0 Å². The van der Waals surface area contributed by atoms with Gasteiger partial charge in [0.2, 0.25) is 10.0 Å². The minimum atomic E-state index is -3.46. The Balaban J connectivity index is 1.61. The molecule has 0 radical (unpaired) electrons. The summed E-state index contributed by atoms with van der Waals surface area (Å²) in [6, 6.07) is 13.5. The highest BCUT2D eigenvalue weighted by Gasteiger charge is 2.25. The fraction of sp³-hybridized carbons (Fsp3) is 0.368. The molecule has 0 spiro atoms. The molecule has 0 amide bonds. The van der Waals surface area contributed by atoms with Gasteiger partial charge in [0, 0.05) is 31.2 Å². The molecule has 0 unspecified atom stereocenters. The maximum absolute atomic E-state index is 13.3. The Labute approximate surface area is 159 Å². The lowest BCUT2D eigenvalue weighted by atomic mass is 10.2. The highest BCUT2D eigenvalue weighted by molar-refractivity contribution is 7.88. The third-order valence-electron chi connectivity index (χ3n) is 4.50. The molecule has 1 heterocycles. The zero-order chi connectivity index (χ0) is 18.6. The number of hydrogen-bond acceptors (Lipinski definition) is 3. The van der Waals surface area contributed by atoms with Crippen molar-refractivity contribution in [1.29, 1.82) is 0 Å². The van der Waals surface area contributed by atoms with E-state index in [1.807, 2.05) is 24.3 Å². The predicted octanol–water partition coefficient (Wildman–Crippen LogP) is 3.52. The third-order valence-corrected chi connectivity index (χ3v) is 6.60. The van der Waals surface area contributed by atoms with E-state index in [1.165, 1.54) is 22.5 Å². The lowest BCUT2D eigenvalue weighted by Crippen LogP contribution is -2.35.